The molecule has 124 valence electrons. The summed E-state index contributed by atoms with van der Waals surface area (Å²) in [6.45, 7) is 0.844. The van der Waals surface area contributed by atoms with Crippen LogP contribution in [0.2, 0.25) is 0 Å². The molecule has 1 aliphatic carbocycles. The van der Waals surface area contributed by atoms with Crippen LogP contribution in [-0.4, -0.2) is 11.6 Å². The third-order valence-corrected chi connectivity index (χ3v) is 2.83. The second-order valence-corrected chi connectivity index (χ2v) is 6.86. The fourth-order valence-electron chi connectivity index (χ4n) is 1.99. The summed E-state index contributed by atoms with van der Waals surface area (Å²) in [7, 11) is -10.7. The summed E-state index contributed by atoms with van der Waals surface area (Å²) < 4.78 is 64.8. The summed E-state index contributed by atoms with van der Waals surface area (Å²) in [5.41, 5.74) is 0. The number of nitrogens with zero attached hydrogens (tertiary/aromatic N) is 1. The van der Waals surface area contributed by atoms with Crippen LogP contribution in [0.15, 0.2) is 24.4 Å². The first kappa shape index (κ1) is 18.0. The number of rotatable bonds is 3. The van der Waals surface area contributed by atoms with Gasteiger partial charge in [-0.05, 0) is 24.8 Å². The predicted molar refractivity (Wildman–Crippen MR) is 71.0 cm³/mol. The van der Waals surface area contributed by atoms with Gasteiger partial charge in [-0.15, -0.1) is 0 Å². The molecule has 0 amide bonds. The Morgan fingerprint density at radius 1 is 1.05 bits per heavy atom. The van der Waals surface area contributed by atoms with Gasteiger partial charge in [-0.25, -0.2) is 4.98 Å². The fraction of sp³-hybridized carbons (Fsp3) is 0.583. The number of hydrogen-bond donors (Lipinski definition) is 0. The van der Waals surface area contributed by atoms with Crippen molar-refractivity contribution in [2.24, 2.45) is 5.92 Å². The Bertz CT molecular complexity index is 423. The standard InChI is InChI=1S/C12H17NO.F6P/c1-2-6-11(7-3-1)10-14-12-8-4-5-9-13-12;1-7(2,3,4,5)6/h4-5,8-9,11H,1-3,6-7,10H2;/q;-1/p+1. The molecular weight excluding hydrogens is 319 g/mol. The maximum absolute atomic E-state index is 10.7. The van der Waals surface area contributed by atoms with Crippen LogP contribution >= 0.6 is 7.81 Å². The van der Waals surface area contributed by atoms with Crippen LogP contribution in [0, 0.1) is 5.92 Å². The van der Waals surface area contributed by atoms with Crippen LogP contribution in [0.1, 0.15) is 33.5 Å². The fourth-order valence-corrected chi connectivity index (χ4v) is 1.99. The van der Waals surface area contributed by atoms with Crippen LogP contribution in [0.25, 0.3) is 0 Å². The van der Waals surface area contributed by atoms with Crippen molar-refractivity contribution in [2.45, 2.75) is 32.1 Å². The molecule has 9 heteroatoms. The summed E-state index contributed by atoms with van der Waals surface area (Å²) in [5.74, 6) is 1.52. The Kier molecular flexibility index (Phi) is 5.13. The van der Waals surface area contributed by atoms with Crippen molar-refractivity contribution in [1.82, 2.24) is 4.98 Å². The Morgan fingerprint density at radius 3 is 2.10 bits per heavy atom. The molecule has 0 aromatic carbocycles. The molecule has 0 aliphatic heterocycles. The summed E-state index contributed by atoms with van der Waals surface area (Å²) >= 11 is 0. The average molecular weight is 337 g/mol. The second kappa shape index (κ2) is 5.99. The van der Waals surface area contributed by atoms with E-state index in [9.17, 15) is 25.2 Å². The quantitative estimate of drug-likeness (QED) is 0.462. The molecule has 21 heavy (non-hydrogen) atoms. The first-order chi connectivity index (χ1) is 9.40. The minimum absolute atomic E-state index is 0. The predicted octanol–water partition coefficient (Wildman–Crippen LogP) is 6.54. The monoisotopic (exact) mass is 337 g/mol. The zero-order chi connectivity index (χ0) is 16.0. The minimum atomic E-state index is -10.7. The van der Waals surface area contributed by atoms with E-state index in [0.29, 0.717) is 0 Å². The molecule has 1 aromatic rings. The molecule has 0 N–H and O–H groups in total. The van der Waals surface area contributed by atoms with E-state index in [4.69, 9.17) is 4.74 Å². The van der Waals surface area contributed by atoms with Gasteiger partial charge in [0.15, 0.2) is 0 Å². The van der Waals surface area contributed by atoms with Gasteiger partial charge in [0.25, 0.3) is 0 Å². The average Bonchev–Trinajstić information content (AvgIpc) is 2.35. The van der Waals surface area contributed by atoms with Crippen molar-refractivity contribution in [3.8, 4) is 5.88 Å². The minimum Gasteiger partial charge on any atom is -0.477 e. The SMILES string of the molecule is F[P-](F)(F)(F)(F)F.[H+].c1ccc(OCC2CCCCC2)nc1. The number of pyridine rings is 1. The maximum Gasteiger partial charge on any atom is 1.00 e. The second-order valence-electron chi connectivity index (χ2n) is 4.94. The molecule has 1 heterocycles. The van der Waals surface area contributed by atoms with Gasteiger partial charge in [-0.3, -0.25) is 0 Å². The van der Waals surface area contributed by atoms with E-state index in [-0.39, 0.29) is 1.43 Å². The van der Waals surface area contributed by atoms with E-state index >= 15 is 0 Å². The van der Waals surface area contributed by atoms with E-state index in [1.807, 2.05) is 18.2 Å². The molecule has 1 aliphatic rings. The molecule has 1 fully saturated rings. The van der Waals surface area contributed by atoms with Gasteiger partial charge < -0.3 is 4.74 Å². The topological polar surface area (TPSA) is 22.1 Å². The molecule has 0 atom stereocenters. The summed E-state index contributed by atoms with van der Waals surface area (Å²) in [6, 6.07) is 5.79. The van der Waals surface area contributed by atoms with Crippen LogP contribution in [-0.2, 0) is 0 Å². The normalized spacial score (nSPS) is 19.7. The first-order valence-electron chi connectivity index (χ1n) is 6.50. The molecule has 0 radical (unpaired) electrons. The number of ether oxygens (including phenoxy) is 1. The number of aromatic nitrogens is 1. The molecule has 2 rings (SSSR count). The largest absolute Gasteiger partial charge is 1.00 e. The van der Waals surface area contributed by atoms with Gasteiger partial charge in [-0.2, -0.15) is 0 Å². The van der Waals surface area contributed by atoms with Gasteiger partial charge in [0, 0.05) is 12.3 Å². The molecule has 0 saturated heterocycles. The Hall–Kier alpha value is -1.04. The molecule has 0 unspecified atom stereocenters. The van der Waals surface area contributed by atoms with E-state index in [2.05, 4.69) is 4.98 Å². The summed E-state index contributed by atoms with van der Waals surface area (Å²) in [6.07, 6.45) is 8.57. The molecule has 1 aromatic heterocycles. The zero-order valence-electron chi connectivity index (χ0n) is 12.2. The molecule has 0 bridgehead atoms. The van der Waals surface area contributed by atoms with Crippen molar-refractivity contribution in [1.29, 1.82) is 0 Å². The zero-order valence-corrected chi connectivity index (χ0v) is 12.1. The van der Waals surface area contributed by atoms with Crippen molar-refractivity contribution in [3.63, 3.8) is 0 Å². The van der Waals surface area contributed by atoms with Crippen LogP contribution in [0.5, 0.6) is 5.88 Å². The maximum atomic E-state index is 9.87. The molecule has 1 saturated carbocycles. The molecular formula is C12H18F6NOP. The van der Waals surface area contributed by atoms with Crippen LogP contribution in [0.4, 0.5) is 25.2 Å². The third-order valence-electron chi connectivity index (χ3n) is 2.83. The van der Waals surface area contributed by atoms with Gasteiger partial charge >= 0.3 is 34.4 Å². The molecule has 2 nitrogen and oxygen atoms in total. The van der Waals surface area contributed by atoms with Crippen molar-refractivity contribution in [3.05, 3.63) is 24.4 Å². The van der Waals surface area contributed by atoms with Crippen molar-refractivity contribution in [2.75, 3.05) is 6.61 Å². The Morgan fingerprint density at radius 2 is 1.62 bits per heavy atom. The van der Waals surface area contributed by atoms with E-state index < -0.39 is 7.81 Å². The first-order valence-corrected chi connectivity index (χ1v) is 8.53. The Labute approximate surface area is 120 Å². The van der Waals surface area contributed by atoms with E-state index in [1.54, 1.807) is 6.20 Å². The Balaban J connectivity index is 0.000000478. The number of halogens is 6. The van der Waals surface area contributed by atoms with Crippen LogP contribution in [0.3, 0.4) is 0 Å². The van der Waals surface area contributed by atoms with Crippen LogP contribution < -0.4 is 4.74 Å². The smallest absolute Gasteiger partial charge is 0.477 e. The number of hydrogen-bond acceptors (Lipinski definition) is 2. The summed E-state index contributed by atoms with van der Waals surface area (Å²) in [5, 5.41) is 0. The van der Waals surface area contributed by atoms with E-state index in [0.717, 1.165) is 18.4 Å². The van der Waals surface area contributed by atoms with Crippen molar-refractivity contribution < 1.29 is 31.3 Å². The van der Waals surface area contributed by atoms with Crippen molar-refractivity contribution >= 4 is 7.81 Å². The molecule has 0 spiro atoms. The third kappa shape index (κ3) is 13.7. The van der Waals surface area contributed by atoms with Gasteiger partial charge in [0.2, 0.25) is 5.88 Å². The summed E-state index contributed by atoms with van der Waals surface area (Å²) in [4.78, 5) is 4.14. The van der Waals surface area contributed by atoms with Gasteiger partial charge in [0.05, 0.1) is 6.61 Å². The van der Waals surface area contributed by atoms with E-state index in [1.165, 1.54) is 32.1 Å². The van der Waals surface area contributed by atoms with Gasteiger partial charge in [-0.1, -0.05) is 25.3 Å². The van der Waals surface area contributed by atoms with Gasteiger partial charge in [0.1, 0.15) is 0 Å².